The summed E-state index contributed by atoms with van der Waals surface area (Å²) in [7, 11) is -16.7. The van der Waals surface area contributed by atoms with Gasteiger partial charge in [0.15, 0.2) is 17.7 Å². The molecule has 2 aromatic rings. The average molecular weight is 546 g/mol. The molecule has 0 bridgehead atoms. The summed E-state index contributed by atoms with van der Waals surface area (Å²) in [6.07, 6.45) is -3.69. The molecule has 1 fully saturated rings. The van der Waals surface area contributed by atoms with E-state index in [1.54, 1.807) is 0 Å². The van der Waals surface area contributed by atoms with Gasteiger partial charge in [-0.1, -0.05) is 0 Å². The second-order valence-corrected chi connectivity index (χ2v) is 10.4. The van der Waals surface area contributed by atoms with Crippen LogP contribution in [0, 0.1) is 0 Å². The van der Waals surface area contributed by atoms with E-state index in [-0.39, 0.29) is 68.4 Å². The van der Waals surface area contributed by atoms with Gasteiger partial charge in [0.2, 0.25) is 0 Å². The number of nitrogen functional groups attached to an aromatic ring is 1. The van der Waals surface area contributed by atoms with Gasteiger partial charge in [-0.2, -0.15) is 8.62 Å². The molecule has 175 valence electrons. The van der Waals surface area contributed by atoms with Gasteiger partial charge in [-0.25, -0.2) is 28.6 Å². The molecular weight excluding hydrogens is 530 g/mol. The second kappa shape index (κ2) is 10.5. The number of aromatic nitrogens is 4. The molecule has 8 N–H and O–H groups in total. The van der Waals surface area contributed by atoms with Crippen molar-refractivity contribution in [2.45, 2.75) is 24.5 Å². The zero-order valence-electron chi connectivity index (χ0n) is 15.9. The topological polar surface area (TPSA) is 279 Å². The fourth-order valence-electron chi connectivity index (χ4n) is 2.62. The Hall–Kier alpha value is 0.276. The number of aliphatic hydroxyl groups excluding tert-OH is 2. The average Bonchev–Trinajstić information content (AvgIpc) is 3.13. The van der Waals surface area contributed by atoms with Gasteiger partial charge in [-0.3, -0.25) is 9.09 Å². The van der Waals surface area contributed by atoms with Gasteiger partial charge >= 0.3 is 23.5 Å². The molecule has 1 aliphatic rings. The predicted octanol–water partition coefficient (Wildman–Crippen LogP) is -2.01. The normalized spacial score (nSPS) is 27.6. The molecule has 0 saturated carbocycles. The van der Waals surface area contributed by atoms with Crippen molar-refractivity contribution in [3.63, 3.8) is 0 Å². The second-order valence-electron chi connectivity index (χ2n) is 6.02. The van der Waals surface area contributed by atoms with Gasteiger partial charge in [0, 0.05) is 51.4 Å². The van der Waals surface area contributed by atoms with E-state index in [1.807, 2.05) is 0 Å². The smallest absolute Gasteiger partial charge is 0.387 e. The van der Waals surface area contributed by atoms with Crippen LogP contribution >= 0.6 is 23.5 Å². The maximum atomic E-state index is 11.8. The molecule has 6 atom stereocenters. The number of nitrogens with two attached hydrogens (primary N) is 1. The summed E-state index contributed by atoms with van der Waals surface area (Å²) in [5, 5.41) is 20.4. The molecular formula is C10H16KN5O13P3. The molecule has 2 aromatic heterocycles. The van der Waals surface area contributed by atoms with Crippen LogP contribution in [0.3, 0.4) is 0 Å². The van der Waals surface area contributed by atoms with Crippen LogP contribution in [-0.4, -0.2) is 126 Å². The Labute approximate surface area is 220 Å². The standard InChI is InChI=1S/C10H16N5O13P3.K/c11-8-5-9(13-2-12-8)15(3-14-5)10-7(17)6(16)4(26-10)1-25-30(21,22)28-31(23,24)27-29(18,19)20;/h2-4,6-7,10,16-17H,1H2,(H,21,22)(H,23,24)(H2,11,12,13)(H2,18,19,20);/t4-,6-,7-,10-;/m1./s1. The summed E-state index contributed by atoms with van der Waals surface area (Å²) >= 11 is 0. The Bertz CT molecular complexity index is 1110. The fraction of sp³-hybridized carbons (Fsp3) is 0.500. The van der Waals surface area contributed by atoms with E-state index in [0.29, 0.717) is 0 Å². The molecule has 1 radical (unpaired) electrons. The number of anilines is 1. The molecule has 2 unspecified atom stereocenters. The van der Waals surface area contributed by atoms with E-state index in [9.17, 15) is 28.8 Å². The van der Waals surface area contributed by atoms with Crippen molar-refractivity contribution >= 4 is 91.8 Å². The minimum absolute atomic E-state index is 0. The number of hydrogen-bond donors (Lipinski definition) is 7. The van der Waals surface area contributed by atoms with E-state index in [4.69, 9.17) is 25.2 Å². The summed E-state index contributed by atoms with van der Waals surface area (Å²) in [5.74, 6) is 0.0426. The SMILES string of the molecule is Nc1ncnc2c1ncn2[C@@H]1O[C@H](COP(=O)(O)OP(=O)(O)OP(=O)(O)O)[C@@H](O)[C@H]1O.[K]. The number of phosphoric acid groups is 3. The van der Waals surface area contributed by atoms with Crippen LogP contribution in [-0.2, 0) is 31.6 Å². The quantitative estimate of drug-likeness (QED) is 0.139. The number of ether oxygens (including phenoxy) is 1. The third kappa shape index (κ3) is 6.91. The summed E-state index contributed by atoms with van der Waals surface area (Å²) in [4.78, 5) is 47.2. The van der Waals surface area contributed by atoms with Crippen molar-refractivity contribution in [1.82, 2.24) is 19.5 Å². The van der Waals surface area contributed by atoms with Gasteiger partial charge in [0.1, 0.15) is 30.2 Å². The van der Waals surface area contributed by atoms with E-state index in [1.165, 1.54) is 10.9 Å². The van der Waals surface area contributed by atoms with Gasteiger partial charge < -0.3 is 40.3 Å². The first-order valence-corrected chi connectivity index (χ1v) is 12.4. The fourth-order valence-corrected chi connectivity index (χ4v) is 5.65. The molecule has 0 aliphatic carbocycles. The van der Waals surface area contributed by atoms with Crippen LogP contribution in [0.2, 0.25) is 0 Å². The summed E-state index contributed by atoms with van der Waals surface area (Å²) in [6, 6.07) is 0. The van der Waals surface area contributed by atoms with Crippen molar-refractivity contribution in [3.8, 4) is 0 Å². The number of fused-ring (bicyclic) bond motifs is 1. The molecule has 1 saturated heterocycles. The van der Waals surface area contributed by atoms with E-state index >= 15 is 0 Å². The largest absolute Gasteiger partial charge is 0.490 e. The number of imidazole rings is 1. The van der Waals surface area contributed by atoms with Gasteiger partial charge in [0.25, 0.3) is 0 Å². The zero-order chi connectivity index (χ0) is 23.2. The summed E-state index contributed by atoms with van der Waals surface area (Å²) < 4.78 is 51.9. The third-order valence-electron chi connectivity index (χ3n) is 3.82. The van der Waals surface area contributed by atoms with Crippen molar-refractivity contribution in [2.75, 3.05) is 12.3 Å². The number of hydrogen-bond acceptors (Lipinski definition) is 13. The van der Waals surface area contributed by atoms with Crippen LogP contribution < -0.4 is 5.73 Å². The molecule has 0 aromatic carbocycles. The van der Waals surface area contributed by atoms with E-state index in [0.717, 1.165) is 6.33 Å². The van der Waals surface area contributed by atoms with Gasteiger partial charge in [-0.05, 0) is 0 Å². The van der Waals surface area contributed by atoms with Crippen LogP contribution in [0.5, 0.6) is 0 Å². The van der Waals surface area contributed by atoms with Crippen LogP contribution in [0.15, 0.2) is 12.7 Å². The molecule has 3 heterocycles. The van der Waals surface area contributed by atoms with Gasteiger partial charge in [-0.15, -0.1) is 0 Å². The number of aliphatic hydroxyl groups is 2. The van der Waals surface area contributed by atoms with Crippen molar-refractivity contribution in [2.24, 2.45) is 0 Å². The molecule has 22 heteroatoms. The van der Waals surface area contributed by atoms with Crippen LogP contribution in [0.4, 0.5) is 5.82 Å². The van der Waals surface area contributed by atoms with Crippen molar-refractivity contribution < 1.29 is 61.4 Å². The maximum Gasteiger partial charge on any atom is 0.490 e. The predicted molar refractivity (Wildman–Crippen MR) is 101 cm³/mol. The summed E-state index contributed by atoms with van der Waals surface area (Å²) in [6.45, 7) is -0.956. The minimum atomic E-state index is -5.70. The van der Waals surface area contributed by atoms with Crippen LogP contribution in [0.1, 0.15) is 6.23 Å². The van der Waals surface area contributed by atoms with Crippen LogP contribution in [0.25, 0.3) is 11.2 Å². The molecule has 0 spiro atoms. The maximum absolute atomic E-state index is 11.8. The Morgan fingerprint density at radius 3 is 2.31 bits per heavy atom. The third-order valence-corrected chi connectivity index (χ3v) is 7.62. The first kappa shape index (κ1) is 28.5. The molecule has 18 nitrogen and oxygen atoms in total. The van der Waals surface area contributed by atoms with E-state index in [2.05, 4.69) is 28.1 Å². The monoisotopic (exact) mass is 546 g/mol. The van der Waals surface area contributed by atoms with Gasteiger partial charge in [0.05, 0.1) is 12.9 Å². The number of phosphoric ester groups is 1. The minimum Gasteiger partial charge on any atom is -0.387 e. The Balaban J connectivity index is 0.00000363. The van der Waals surface area contributed by atoms with Crippen molar-refractivity contribution in [1.29, 1.82) is 0 Å². The molecule has 32 heavy (non-hydrogen) atoms. The summed E-state index contributed by atoms with van der Waals surface area (Å²) in [5.41, 5.74) is 6.00. The molecule has 1 aliphatic heterocycles. The van der Waals surface area contributed by atoms with E-state index < -0.39 is 54.6 Å². The first-order valence-electron chi connectivity index (χ1n) is 7.92. The van der Waals surface area contributed by atoms with Crippen molar-refractivity contribution in [3.05, 3.63) is 12.7 Å². The molecule has 3 rings (SSSR count). The zero-order valence-corrected chi connectivity index (χ0v) is 21.7. The Morgan fingerprint density at radius 1 is 1.03 bits per heavy atom. The molecule has 0 amide bonds. The Kier molecular flexibility index (Phi) is 9.35. The first-order chi connectivity index (χ1) is 14.2. The Morgan fingerprint density at radius 2 is 1.69 bits per heavy atom. The number of rotatable bonds is 8. The number of nitrogens with zero attached hydrogens (tertiary/aromatic N) is 4.